The molecule has 0 saturated carbocycles. The smallest absolute Gasteiger partial charge is 0.266 e. The van der Waals surface area contributed by atoms with Gasteiger partial charge >= 0.3 is 0 Å². The van der Waals surface area contributed by atoms with Gasteiger partial charge in [0.25, 0.3) is 5.91 Å². The number of benzene rings is 4. The average Bonchev–Trinajstić information content (AvgIpc) is 3.40. The lowest BCUT2D eigenvalue weighted by Gasteiger charge is -2.31. The predicted molar refractivity (Wildman–Crippen MR) is 170 cm³/mol. The number of aliphatic hydroxyl groups is 1. The molecule has 44 heavy (non-hydrogen) atoms. The van der Waals surface area contributed by atoms with Gasteiger partial charge in [0.15, 0.2) is 11.6 Å². The molecule has 1 amide bonds. The van der Waals surface area contributed by atoms with E-state index in [1.165, 1.54) is 6.07 Å². The van der Waals surface area contributed by atoms with Crippen LogP contribution in [0.25, 0.3) is 0 Å². The molecule has 7 nitrogen and oxygen atoms in total. The number of hydrazine groups is 1. The van der Waals surface area contributed by atoms with E-state index >= 15 is 0 Å². The van der Waals surface area contributed by atoms with Gasteiger partial charge in [0.2, 0.25) is 5.90 Å². The molecule has 5 rings (SSSR count). The SMILES string of the molecule is O=C(NNCc1ccc(F)cc1F)[C@@]1(Cc2ccccc2Br)N=C(c2ccc(OCCCO)cc2)O[C@H]1c1ccccc1Br. The number of nitrogens with one attached hydrogen (secondary N) is 2. The highest BCUT2D eigenvalue weighted by atomic mass is 79.9. The number of carbonyl (C=O) groups is 1. The van der Waals surface area contributed by atoms with Crippen molar-refractivity contribution in [1.82, 2.24) is 10.9 Å². The van der Waals surface area contributed by atoms with Crippen molar-refractivity contribution in [2.45, 2.75) is 31.0 Å². The van der Waals surface area contributed by atoms with Gasteiger partial charge in [0.1, 0.15) is 17.4 Å². The Bertz CT molecular complexity index is 1650. The molecule has 0 spiro atoms. The van der Waals surface area contributed by atoms with Crippen LogP contribution in [0.1, 0.15) is 34.8 Å². The molecule has 11 heteroatoms. The number of aliphatic imine (C=N–C) groups is 1. The summed E-state index contributed by atoms with van der Waals surface area (Å²) in [6.45, 7) is 0.327. The maximum absolute atomic E-state index is 14.3. The lowest BCUT2D eigenvalue weighted by Crippen LogP contribution is -2.53. The van der Waals surface area contributed by atoms with Crippen molar-refractivity contribution in [1.29, 1.82) is 0 Å². The van der Waals surface area contributed by atoms with Crippen molar-refractivity contribution in [2.24, 2.45) is 4.99 Å². The lowest BCUT2D eigenvalue weighted by atomic mass is 9.82. The summed E-state index contributed by atoms with van der Waals surface area (Å²) in [4.78, 5) is 19.3. The predicted octanol–water partition coefficient (Wildman–Crippen LogP) is 6.57. The van der Waals surface area contributed by atoms with Crippen LogP contribution in [-0.2, 0) is 22.5 Å². The van der Waals surface area contributed by atoms with Gasteiger partial charge in [-0.25, -0.2) is 19.2 Å². The maximum atomic E-state index is 14.3. The summed E-state index contributed by atoms with van der Waals surface area (Å²) in [6, 6.07) is 25.4. The number of rotatable bonds is 12. The van der Waals surface area contributed by atoms with E-state index in [2.05, 4.69) is 42.7 Å². The number of aliphatic hydroxyl groups excluding tert-OH is 1. The molecule has 1 aliphatic rings. The van der Waals surface area contributed by atoms with Crippen molar-refractivity contribution < 1.29 is 28.2 Å². The zero-order valence-electron chi connectivity index (χ0n) is 23.4. The number of carbonyl (C=O) groups excluding carboxylic acids is 1. The first-order valence-corrected chi connectivity index (χ1v) is 15.4. The number of nitrogens with zero attached hydrogens (tertiary/aromatic N) is 1. The van der Waals surface area contributed by atoms with E-state index in [1.807, 2.05) is 48.5 Å². The highest BCUT2D eigenvalue weighted by Gasteiger charge is 2.54. The van der Waals surface area contributed by atoms with Gasteiger partial charge in [0, 0.05) is 57.7 Å². The Kier molecular flexibility index (Phi) is 10.4. The van der Waals surface area contributed by atoms with E-state index in [4.69, 9.17) is 19.6 Å². The molecule has 3 N–H and O–H groups in total. The van der Waals surface area contributed by atoms with Crippen LogP contribution in [0.3, 0.4) is 0 Å². The quantitative estimate of drug-likeness (QED) is 0.113. The van der Waals surface area contributed by atoms with Crippen LogP contribution in [0.4, 0.5) is 8.78 Å². The Labute approximate surface area is 270 Å². The molecule has 0 aliphatic carbocycles. The van der Waals surface area contributed by atoms with E-state index in [0.717, 1.165) is 26.6 Å². The minimum Gasteiger partial charge on any atom is -0.494 e. The van der Waals surface area contributed by atoms with Gasteiger partial charge in [0.05, 0.1) is 6.61 Å². The highest BCUT2D eigenvalue weighted by molar-refractivity contribution is 9.10. The van der Waals surface area contributed by atoms with Gasteiger partial charge in [-0.05, 0) is 48.0 Å². The molecule has 2 atom stereocenters. The lowest BCUT2D eigenvalue weighted by molar-refractivity contribution is -0.130. The van der Waals surface area contributed by atoms with Gasteiger partial charge in [-0.3, -0.25) is 10.2 Å². The molecule has 4 aromatic rings. The van der Waals surface area contributed by atoms with Crippen molar-refractivity contribution in [3.05, 3.63) is 134 Å². The summed E-state index contributed by atoms with van der Waals surface area (Å²) >= 11 is 7.24. The Morgan fingerprint density at radius 1 is 0.955 bits per heavy atom. The fourth-order valence-corrected chi connectivity index (χ4v) is 5.79. The first-order valence-electron chi connectivity index (χ1n) is 13.9. The van der Waals surface area contributed by atoms with Crippen LogP contribution in [0.15, 0.2) is 105 Å². The highest BCUT2D eigenvalue weighted by Crippen LogP contribution is 2.45. The van der Waals surface area contributed by atoms with Crippen molar-refractivity contribution in [3.8, 4) is 5.75 Å². The van der Waals surface area contributed by atoms with Crippen LogP contribution in [-0.4, -0.2) is 35.7 Å². The van der Waals surface area contributed by atoms with E-state index in [0.29, 0.717) is 29.9 Å². The summed E-state index contributed by atoms with van der Waals surface area (Å²) in [5, 5.41) is 9.04. The summed E-state index contributed by atoms with van der Waals surface area (Å²) < 4.78 is 41.5. The molecule has 0 radical (unpaired) electrons. The minimum atomic E-state index is -1.51. The summed E-state index contributed by atoms with van der Waals surface area (Å²) in [5.41, 5.74) is 6.36. The molecule has 1 aliphatic heterocycles. The zero-order chi connectivity index (χ0) is 31.1. The number of ether oxygens (including phenoxy) is 2. The molecule has 228 valence electrons. The Balaban J connectivity index is 1.53. The summed E-state index contributed by atoms with van der Waals surface area (Å²) in [7, 11) is 0. The van der Waals surface area contributed by atoms with Crippen LogP contribution < -0.4 is 15.6 Å². The van der Waals surface area contributed by atoms with Crippen LogP contribution in [0.5, 0.6) is 5.75 Å². The Morgan fingerprint density at radius 3 is 2.39 bits per heavy atom. The molecule has 4 aromatic carbocycles. The van der Waals surface area contributed by atoms with Gasteiger partial charge in [-0.1, -0.05) is 74.3 Å². The number of halogens is 4. The van der Waals surface area contributed by atoms with Crippen LogP contribution in [0, 0.1) is 11.6 Å². The van der Waals surface area contributed by atoms with Crippen molar-refractivity contribution in [3.63, 3.8) is 0 Å². The second-order valence-corrected chi connectivity index (χ2v) is 11.8. The minimum absolute atomic E-state index is 0.0362. The molecular weight excluding hydrogens is 700 g/mol. The Morgan fingerprint density at radius 2 is 1.68 bits per heavy atom. The Hall–Kier alpha value is -3.64. The third-order valence-electron chi connectivity index (χ3n) is 7.13. The molecule has 0 aromatic heterocycles. The molecule has 1 heterocycles. The maximum Gasteiger partial charge on any atom is 0.266 e. The monoisotopic (exact) mass is 727 g/mol. The second-order valence-electron chi connectivity index (χ2n) is 10.1. The van der Waals surface area contributed by atoms with Crippen LogP contribution >= 0.6 is 31.9 Å². The second kappa shape index (κ2) is 14.4. The molecular formula is C33H29Br2F2N3O4. The fraction of sp³-hybridized carbons (Fsp3) is 0.212. The molecule has 0 saturated heterocycles. The molecule has 0 bridgehead atoms. The van der Waals surface area contributed by atoms with E-state index < -0.39 is 29.2 Å². The first-order chi connectivity index (χ1) is 21.3. The topological polar surface area (TPSA) is 92.2 Å². The fourth-order valence-electron chi connectivity index (χ4n) is 4.87. The van der Waals surface area contributed by atoms with Gasteiger partial charge in [-0.15, -0.1) is 0 Å². The van der Waals surface area contributed by atoms with Gasteiger partial charge in [-0.2, -0.15) is 0 Å². The number of hydrogen-bond donors (Lipinski definition) is 3. The standard InChI is InChI=1S/C33H29Br2F2N3O4/c34-27-8-3-1-6-22(27)19-33(32(42)40-38-20-23-10-13-24(36)18-29(23)37)30(26-7-2-4-9-28(26)35)44-31(39-33)21-11-14-25(15-12-21)43-17-5-16-41/h1-4,6-15,18,30,38,41H,5,16-17,19-20H2,(H,40,42)/t30-,33-/m0/s1. The van der Waals surface area contributed by atoms with E-state index in [9.17, 15) is 13.6 Å². The van der Waals surface area contributed by atoms with Crippen LogP contribution in [0.2, 0.25) is 0 Å². The molecule has 0 fully saturated rings. The largest absolute Gasteiger partial charge is 0.494 e. The van der Waals surface area contributed by atoms with Crippen molar-refractivity contribution in [2.75, 3.05) is 13.2 Å². The third-order valence-corrected chi connectivity index (χ3v) is 8.63. The third kappa shape index (κ3) is 7.18. The molecule has 0 unspecified atom stereocenters. The van der Waals surface area contributed by atoms with E-state index in [-0.39, 0.29) is 31.0 Å². The zero-order valence-corrected chi connectivity index (χ0v) is 26.6. The first kappa shape index (κ1) is 31.8. The normalized spacial score (nSPS) is 17.6. The number of hydrogen-bond acceptors (Lipinski definition) is 6. The van der Waals surface area contributed by atoms with Crippen molar-refractivity contribution >= 4 is 43.7 Å². The number of amides is 1. The summed E-state index contributed by atoms with van der Waals surface area (Å²) in [6.07, 6.45) is -0.185. The summed E-state index contributed by atoms with van der Waals surface area (Å²) in [5.74, 6) is -1.03. The average molecular weight is 729 g/mol. The van der Waals surface area contributed by atoms with Gasteiger partial charge < -0.3 is 14.6 Å². The van der Waals surface area contributed by atoms with E-state index in [1.54, 1.807) is 24.3 Å².